The summed E-state index contributed by atoms with van der Waals surface area (Å²) in [6.45, 7) is 2.97. The highest BCUT2D eigenvalue weighted by atomic mass is 32.1. The third-order valence-electron chi connectivity index (χ3n) is 3.05. The smallest absolute Gasteiger partial charge is 0.0836 e. The molecule has 0 saturated carbocycles. The van der Waals surface area contributed by atoms with Gasteiger partial charge >= 0.3 is 0 Å². The van der Waals surface area contributed by atoms with Crippen LogP contribution in [0.15, 0.2) is 17.5 Å². The molecule has 1 aromatic heterocycles. The normalized spacial score (nSPS) is 33.8. The van der Waals surface area contributed by atoms with Crippen LogP contribution >= 0.6 is 11.3 Å². The summed E-state index contributed by atoms with van der Waals surface area (Å²) in [6, 6.07) is 4.65. The number of rotatable bonds is 2. The van der Waals surface area contributed by atoms with Crippen molar-refractivity contribution >= 4 is 11.3 Å². The molecule has 0 radical (unpaired) electrons. The molecule has 1 aliphatic rings. The van der Waals surface area contributed by atoms with Gasteiger partial charge in [-0.15, -0.1) is 11.3 Å². The van der Waals surface area contributed by atoms with Crippen LogP contribution < -0.4 is 0 Å². The van der Waals surface area contributed by atoms with Crippen molar-refractivity contribution in [2.75, 3.05) is 13.6 Å². The van der Waals surface area contributed by atoms with Gasteiger partial charge < -0.3 is 10.0 Å². The van der Waals surface area contributed by atoms with Crippen LogP contribution in [0.25, 0.3) is 0 Å². The summed E-state index contributed by atoms with van der Waals surface area (Å²) >= 11 is 1.73. The zero-order valence-electron chi connectivity index (χ0n) is 8.73. The lowest BCUT2D eigenvalue weighted by atomic mass is 9.96. The minimum atomic E-state index is -0.501. The number of nitrogens with zero attached hydrogens (tertiary/aromatic N) is 1. The Balaban J connectivity index is 2.04. The molecule has 0 spiro atoms. The van der Waals surface area contributed by atoms with Crippen LogP contribution in [0, 0.1) is 0 Å². The summed E-state index contributed by atoms with van der Waals surface area (Å²) in [5, 5.41) is 12.4. The molecule has 78 valence electrons. The number of likely N-dealkylation sites (tertiary alicyclic amines) is 1. The fourth-order valence-electron chi connectivity index (χ4n) is 2.26. The zero-order chi connectivity index (χ0) is 10.2. The van der Waals surface area contributed by atoms with Gasteiger partial charge in [0.05, 0.1) is 5.60 Å². The second-order valence-electron chi connectivity index (χ2n) is 4.45. The molecule has 1 saturated heterocycles. The fourth-order valence-corrected chi connectivity index (χ4v) is 3.10. The molecule has 1 aliphatic heterocycles. The predicted octanol–water partition coefficient (Wildman–Crippen LogP) is 1.75. The van der Waals surface area contributed by atoms with Gasteiger partial charge in [-0.2, -0.15) is 0 Å². The Kier molecular flexibility index (Phi) is 2.64. The third kappa shape index (κ3) is 2.00. The van der Waals surface area contributed by atoms with Gasteiger partial charge in [0.2, 0.25) is 0 Å². The van der Waals surface area contributed by atoms with Crippen molar-refractivity contribution < 1.29 is 5.11 Å². The average molecular weight is 211 g/mol. The van der Waals surface area contributed by atoms with Crippen LogP contribution in [0.1, 0.15) is 18.2 Å². The molecule has 14 heavy (non-hydrogen) atoms. The maximum absolute atomic E-state index is 10.4. The van der Waals surface area contributed by atoms with Gasteiger partial charge in [-0.1, -0.05) is 6.07 Å². The lowest BCUT2D eigenvalue weighted by molar-refractivity contribution is 0.0528. The minimum Gasteiger partial charge on any atom is -0.388 e. The molecule has 2 nitrogen and oxygen atoms in total. The van der Waals surface area contributed by atoms with Gasteiger partial charge in [-0.25, -0.2) is 0 Å². The summed E-state index contributed by atoms with van der Waals surface area (Å²) in [5.74, 6) is 0. The second-order valence-corrected chi connectivity index (χ2v) is 5.48. The number of aliphatic hydroxyl groups is 1. The van der Waals surface area contributed by atoms with Gasteiger partial charge in [0, 0.05) is 23.9 Å². The lowest BCUT2D eigenvalue weighted by Crippen LogP contribution is -2.34. The SMILES string of the molecule is CC1CC(O)(Cc2cccs2)CN1C. The first-order valence-electron chi connectivity index (χ1n) is 5.04. The quantitative estimate of drug-likeness (QED) is 0.805. The van der Waals surface area contributed by atoms with Crippen molar-refractivity contribution in [1.82, 2.24) is 4.90 Å². The summed E-state index contributed by atoms with van der Waals surface area (Å²) in [4.78, 5) is 3.52. The molecule has 2 atom stereocenters. The molecular weight excluding hydrogens is 194 g/mol. The summed E-state index contributed by atoms with van der Waals surface area (Å²) in [6.07, 6.45) is 1.70. The molecule has 1 N–H and O–H groups in total. The molecule has 0 aromatic carbocycles. The largest absolute Gasteiger partial charge is 0.388 e. The van der Waals surface area contributed by atoms with Gasteiger partial charge in [-0.3, -0.25) is 0 Å². The molecule has 2 rings (SSSR count). The first-order valence-corrected chi connectivity index (χ1v) is 5.92. The van der Waals surface area contributed by atoms with E-state index in [0.717, 1.165) is 19.4 Å². The number of hydrogen-bond donors (Lipinski definition) is 1. The van der Waals surface area contributed by atoms with Crippen molar-refractivity contribution in [2.45, 2.75) is 31.4 Å². The summed E-state index contributed by atoms with van der Waals surface area (Å²) in [7, 11) is 2.08. The van der Waals surface area contributed by atoms with Gasteiger partial charge in [0.1, 0.15) is 0 Å². The first kappa shape index (κ1) is 10.1. The van der Waals surface area contributed by atoms with E-state index >= 15 is 0 Å². The van der Waals surface area contributed by atoms with Crippen LogP contribution in [0.2, 0.25) is 0 Å². The highest BCUT2D eigenvalue weighted by Crippen LogP contribution is 2.30. The topological polar surface area (TPSA) is 23.5 Å². The second kappa shape index (κ2) is 3.65. The van der Waals surface area contributed by atoms with E-state index in [-0.39, 0.29) is 0 Å². The van der Waals surface area contributed by atoms with E-state index in [0.29, 0.717) is 6.04 Å². The molecule has 2 unspecified atom stereocenters. The van der Waals surface area contributed by atoms with E-state index in [4.69, 9.17) is 0 Å². The Morgan fingerprint density at radius 2 is 2.50 bits per heavy atom. The van der Waals surface area contributed by atoms with Crippen LogP contribution in [0.5, 0.6) is 0 Å². The Bertz CT molecular complexity index is 286. The monoisotopic (exact) mass is 211 g/mol. The van der Waals surface area contributed by atoms with E-state index < -0.39 is 5.60 Å². The van der Waals surface area contributed by atoms with E-state index in [2.05, 4.69) is 30.3 Å². The number of thiophene rings is 1. The molecule has 0 amide bonds. The Morgan fingerprint density at radius 1 is 1.71 bits per heavy atom. The highest BCUT2D eigenvalue weighted by molar-refractivity contribution is 7.09. The van der Waals surface area contributed by atoms with Gasteiger partial charge in [0.15, 0.2) is 0 Å². The van der Waals surface area contributed by atoms with Crippen molar-refractivity contribution in [3.05, 3.63) is 22.4 Å². The van der Waals surface area contributed by atoms with E-state index in [1.807, 2.05) is 6.07 Å². The predicted molar refractivity (Wildman–Crippen MR) is 59.7 cm³/mol. The Labute approximate surface area is 89.2 Å². The maximum atomic E-state index is 10.4. The van der Waals surface area contributed by atoms with Crippen LogP contribution in [0.3, 0.4) is 0 Å². The lowest BCUT2D eigenvalue weighted by Gasteiger charge is -2.21. The highest BCUT2D eigenvalue weighted by Gasteiger charge is 2.38. The Hall–Kier alpha value is -0.380. The Morgan fingerprint density at radius 3 is 3.00 bits per heavy atom. The maximum Gasteiger partial charge on any atom is 0.0836 e. The first-order chi connectivity index (χ1) is 6.59. The van der Waals surface area contributed by atoms with Gasteiger partial charge in [-0.05, 0) is 31.8 Å². The van der Waals surface area contributed by atoms with Crippen molar-refractivity contribution in [3.8, 4) is 0 Å². The van der Waals surface area contributed by atoms with Crippen LogP contribution in [-0.2, 0) is 6.42 Å². The molecule has 3 heteroatoms. The molecular formula is C11H17NOS. The van der Waals surface area contributed by atoms with Crippen molar-refractivity contribution in [1.29, 1.82) is 0 Å². The van der Waals surface area contributed by atoms with Crippen LogP contribution in [-0.4, -0.2) is 35.2 Å². The van der Waals surface area contributed by atoms with Crippen LogP contribution in [0.4, 0.5) is 0 Å². The zero-order valence-corrected chi connectivity index (χ0v) is 9.55. The van der Waals surface area contributed by atoms with Crippen molar-refractivity contribution in [3.63, 3.8) is 0 Å². The third-order valence-corrected chi connectivity index (χ3v) is 3.93. The fraction of sp³-hybridized carbons (Fsp3) is 0.636. The number of hydrogen-bond acceptors (Lipinski definition) is 3. The van der Waals surface area contributed by atoms with E-state index in [9.17, 15) is 5.11 Å². The molecule has 1 fully saturated rings. The minimum absolute atomic E-state index is 0.500. The molecule has 2 heterocycles. The van der Waals surface area contributed by atoms with Gasteiger partial charge in [0.25, 0.3) is 0 Å². The standard InChI is InChI=1S/C11H17NOS/c1-9-6-11(13,8-12(9)2)7-10-4-3-5-14-10/h3-5,9,13H,6-8H2,1-2H3. The number of likely N-dealkylation sites (N-methyl/N-ethyl adjacent to an activating group) is 1. The van der Waals surface area contributed by atoms with E-state index in [1.165, 1.54) is 4.88 Å². The number of β-amino-alcohol motifs (C(OH)–C–C–N with tert-alkyl or cyclic N) is 1. The molecule has 0 aliphatic carbocycles. The van der Waals surface area contributed by atoms with E-state index in [1.54, 1.807) is 11.3 Å². The van der Waals surface area contributed by atoms with Crippen molar-refractivity contribution in [2.24, 2.45) is 0 Å². The molecule has 1 aromatic rings. The molecule has 0 bridgehead atoms. The average Bonchev–Trinajstić information content (AvgIpc) is 2.62. The summed E-state index contributed by atoms with van der Waals surface area (Å²) in [5.41, 5.74) is -0.501. The summed E-state index contributed by atoms with van der Waals surface area (Å²) < 4.78 is 0.